The van der Waals surface area contributed by atoms with E-state index in [1.54, 1.807) is 0 Å². The van der Waals surface area contributed by atoms with Crippen molar-refractivity contribution in [2.75, 3.05) is 6.54 Å². The molecule has 0 aromatic carbocycles. The van der Waals surface area contributed by atoms with Gasteiger partial charge in [0.25, 0.3) is 0 Å². The molecule has 1 fully saturated rings. The molecule has 0 aliphatic heterocycles. The first-order valence-corrected chi connectivity index (χ1v) is 6.72. The van der Waals surface area contributed by atoms with Gasteiger partial charge in [0.2, 0.25) is 5.91 Å². The summed E-state index contributed by atoms with van der Waals surface area (Å²) in [5, 5.41) is 0. The molecule has 0 heterocycles. The minimum atomic E-state index is -0.0313. The normalized spacial score (nSPS) is 18.4. The van der Waals surface area contributed by atoms with Crippen LogP contribution in [0.2, 0.25) is 0 Å². The van der Waals surface area contributed by atoms with Crippen molar-refractivity contribution in [3.8, 4) is 0 Å². The van der Waals surface area contributed by atoms with Gasteiger partial charge in [-0.05, 0) is 18.8 Å². The Hall–Kier alpha value is -0.830. The van der Waals surface area contributed by atoms with Crippen LogP contribution in [0.25, 0.3) is 0 Å². The Bertz CT molecular complexity index is 257. The SMILES string of the molecule is C=CCN(C(=O)CC(N)C(C)C)C1CCCC1. The molecule has 98 valence electrons. The molecule has 1 amide bonds. The predicted molar refractivity (Wildman–Crippen MR) is 71.6 cm³/mol. The van der Waals surface area contributed by atoms with Crippen LogP contribution in [0.5, 0.6) is 0 Å². The predicted octanol–water partition coefficient (Wildman–Crippen LogP) is 2.32. The van der Waals surface area contributed by atoms with Crippen LogP contribution in [0.4, 0.5) is 0 Å². The number of amides is 1. The smallest absolute Gasteiger partial charge is 0.224 e. The molecule has 3 heteroatoms. The fourth-order valence-corrected chi connectivity index (χ4v) is 2.36. The Labute approximate surface area is 105 Å². The van der Waals surface area contributed by atoms with Gasteiger partial charge in [-0.3, -0.25) is 4.79 Å². The van der Waals surface area contributed by atoms with Gasteiger partial charge in [-0.25, -0.2) is 0 Å². The lowest BCUT2D eigenvalue weighted by Crippen LogP contribution is -2.42. The van der Waals surface area contributed by atoms with Gasteiger partial charge in [-0.2, -0.15) is 0 Å². The summed E-state index contributed by atoms with van der Waals surface area (Å²) in [7, 11) is 0. The number of carbonyl (C=O) groups excluding carboxylic acids is 1. The van der Waals surface area contributed by atoms with Crippen LogP contribution < -0.4 is 5.73 Å². The van der Waals surface area contributed by atoms with E-state index in [0.717, 1.165) is 12.8 Å². The van der Waals surface area contributed by atoms with E-state index in [4.69, 9.17) is 5.73 Å². The maximum Gasteiger partial charge on any atom is 0.224 e. The molecule has 0 bridgehead atoms. The van der Waals surface area contributed by atoms with Gasteiger partial charge in [0.05, 0.1) is 0 Å². The second-order valence-electron chi connectivity index (χ2n) is 5.39. The zero-order chi connectivity index (χ0) is 12.8. The van der Waals surface area contributed by atoms with E-state index in [1.165, 1.54) is 12.8 Å². The van der Waals surface area contributed by atoms with E-state index in [1.807, 2.05) is 11.0 Å². The topological polar surface area (TPSA) is 46.3 Å². The van der Waals surface area contributed by atoms with Crippen LogP contribution >= 0.6 is 0 Å². The van der Waals surface area contributed by atoms with Gasteiger partial charge in [-0.15, -0.1) is 6.58 Å². The Morgan fingerprint density at radius 3 is 2.53 bits per heavy atom. The average molecular weight is 238 g/mol. The summed E-state index contributed by atoms with van der Waals surface area (Å²) >= 11 is 0. The van der Waals surface area contributed by atoms with Crippen molar-refractivity contribution in [1.29, 1.82) is 0 Å². The number of nitrogens with two attached hydrogens (primary N) is 1. The minimum absolute atomic E-state index is 0.0313. The minimum Gasteiger partial charge on any atom is -0.336 e. The lowest BCUT2D eigenvalue weighted by molar-refractivity contribution is -0.133. The summed E-state index contributed by atoms with van der Waals surface area (Å²) in [5.74, 6) is 0.547. The molecule has 0 aromatic heterocycles. The van der Waals surface area contributed by atoms with Crippen LogP contribution in [-0.4, -0.2) is 29.4 Å². The fraction of sp³-hybridized carbons (Fsp3) is 0.786. The quantitative estimate of drug-likeness (QED) is 0.722. The number of hydrogen-bond acceptors (Lipinski definition) is 2. The lowest BCUT2D eigenvalue weighted by atomic mass is 10.0. The molecule has 0 aromatic rings. The highest BCUT2D eigenvalue weighted by Crippen LogP contribution is 2.24. The standard InChI is InChI=1S/C14H26N2O/c1-4-9-16(12-7-5-6-8-12)14(17)10-13(15)11(2)3/h4,11-13H,1,5-10,15H2,2-3H3. The van der Waals surface area contributed by atoms with E-state index >= 15 is 0 Å². The van der Waals surface area contributed by atoms with Crippen LogP contribution in [0.15, 0.2) is 12.7 Å². The molecule has 1 aliphatic carbocycles. The molecule has 1 rings (SSSR count). The summed E-state index contributed by atoms with van der Waals surface area (Å²) in [4.78, 5) is 14.2. The third kappa shape index (κ3) is 4.15. The monoisotopic (exact) mass is 238 g/mol. The van der Waals surface area contributed by atoms with Crippen LogP contribution in [0.1, 0.15) is 46.0 Å². The first kappa shape index (κ1) is 14.2. The van der Waals surface area contributed by atoms with Crippen LogP contribution in [0, 0.1) is 5.92 Å². The summed E-state index contributed by atoms with van der Waals surface area (Å²) in [6.07, 6.45) is 7.02. The Kier molecular flexibility index (Phi) is 5.69. The third-order valence-electron chi connectivity index (χ3n) is 3.68. The van der Waals surface area contributed by atoms with Gasteiger partial charge in [0, 0.05) is 25.0 Å². The third-order valence-corrected chi connectivity index (χ3v) is 3.68. The highest BCUT2D eigenvalue weighted by Gasteiger charge is 2.26. The maximum atomic E-state index is 12.2. The van der Waals surface area contributed by atoms with E-state index in [2.05, 4.69) is 20.4 Å². The van der Waals surface area contributed by atoms with Gasteiger partial charge in [-0.1, -0.05) is 32.8 Å². The summed E-state index contributed by atoms with van der Waals surface area (Å²) in [5.41, 5.74) is 5.98. The maximum absolute atomic E-state index is 12.2. The molecule has 0 saturated heterocycles. The Balaban J connectivity index is 2.56. The van der Waals surface area contributed by atoms with Gasteiger partial charge >= 0.3 is 0 Å². The van der Waals surface area contributed by atoms with Crippen molar-refractivity contribution in [2.45, 2.75) is 58.0 Å². The molecule has 2 N–H and O–H groups in total. The van der Waals surface area contributed by atoms with Gasteiger partial charge in [0.1, 0.15) is 0 Å². The number of hydrogen-bond donors (Lipinski definition) is 1. The van der Waals surface area contributed by atoms with Crippen molar-refractivity contribution < 1.29 is 4.79 Å². The second kappa shape index (κ2) is 6.80. The summed E-state index contributed by atoms with van der Waals surface area (Å²) in [6, 6.07) is 0.385. The number of carbonyl (C=O) groups is 1. The lowest BCUT2D eigenvalue weighted by Gasteiger charge is -2.29. The van der Waals surface area contributed by atoms with E-state index < -0.39 is 0 Å². The van der Waals surface area contributed by atoms with Crippen molar-refractivity contribution >= 4 is 5.91 Å². The molecule has 0 spiro atoms. The first-order chi connectivity index (χ1) is 8.06. The van der Waals surface area contributed by atoms with E-state index in [0.29, 0.717) is 24.9 Å². The Morgan fingerprint density at radius 2 is 2.06 bits per heavy atom. The van der Waals surface area contributed by atoms with Crippen molar-refractivity contribution in [3.05, 3.63) is 12.7 Å². The van der Waals surface area contributed by atoms with Gasteiger partial charge in [0.15, 0.2) is 0 Å². The molecule has 0 radical (unpaired) electrons. The van der Waals surface area contributed by atoms with Crippen molar-refractivity contribution in [2.24, 2.45) is 11.7 Å². The number of nitrogens with zero attached hydrogens (tertiary/aromatic N) is 1. The molecule has 1 saturated carbocycles. The zero-order valence-electron chi connectivity index (χ0n) is 11.2. The largest absolute Gasteiger partial charge is 0.336 e. The molecule has 1 aliphatic rings. The first-order valence-electron chi connectivity index (χ1n) is 6.72. The zero-order valence-corrected chi connectivity index (χ0v) is 11.2. The summed E-state index contributed by atoms with van der Waals surface area (Å²) < 4.78 is 0. The van der Waals surface area contributed by atoms with Gasteiger partial charge < -0.3 is 10.6 Å². The molecule has 1 atom stereocenters. The van der Waals surface area contributed by atoms with E-state index in [9.17, 15) is 4.79 Å². The van der Waals surface area contributed by atoms with E-state index in [-0.39, 0.29) is 11.9 Å². The molecule has 3 nitrogen and oxygen atoms in total. The molecule has 17 heavy (non-hydrogen) atoms. The average Bonchev–Trinajstić information content (AvgIpc) is 2.78. The fourth-order valence-electron chi connectivity index (χ4n) is 2.36. The summed E-state index contributed by atoms with van der Waals surface area (Å²) in [6.45, 7) is 8.53. The molecular weight excluding hydrogens is 212 g/mol. The van der Waals surface area contributed by atoms with Crippen molar-refractivity contribution in [3.63, 3.8) is 0 Å². The highest BCUT2D eigenvalue weighted by molar-refractivity contribution is 5.77. The molecule has 1 unspecified atom stereocenters. The van der Waals surface area contributed by atoms with Crippen LogP contribution in [-0.2, 0) is 4.79 Å². The number of rotatable bonds is 6. The van der Waals surface area contributed by atoms with Crippen molar-refractivity contribution in [1.82, 2.24) is 4.90 Å². The molecular formula is C14H26N2O. The highest BCUT2D eigenvalue weighted by atomic mass is 16.2. The Morgan fingerprint density at radius 1 is 1.47 bits per heavy atom. The second-order valence-corrected chi connectivity index (χ2v) is 5.39. The van der Waals surface area contributed by atoms with Crippen LogP contribution in [0.3, 0.4) is 0 Å².